The average Bonchev–Trinajstić information content (AvgIpc) is 2.48. The predicted molar refractivity (Wildman–Crippen MR) is 64.1 cm³/mol. The second kappa shape index (κ2) is 4.21. The number of fused-ring (bicyclic) bond motifs is 1. The number of rotatable bonds is 1. The van der Waals surface area contributed by atoms with Crippen molar-refractivity contribution in [2.45, 2.75) is 6.42 Å². The molecule has 4 N–H and O–H groups in total. The maximum absolute atomic E-state index is 11.1. The van der Waals surface area contributed by atoms with Gasteiger partial charge in [-0.15, -0.1) is 0 Å². The van der Waals surface area contributed by atoms with Crippen LogP contribution in [-0.2, 0) is 0 Å². The molecule has 86 valence electrons. The van der Waals surface area contributed by atoms with Gasteiger partial charge in [-0.2, -0.15) is 0 Å². The van der Waals surface area contributed by atoms with Gasteiger partial charge < -0.3 is 20.9 Å². The fraction of sp³-hybridized carbons (Fsp3) is 0.300. The lowest BCUT2D eigenvalue weighted by molar-refractivity contribution is 0.0692. The molecule has 1 heterocycles. The second-order valence-electron chi connectivity index (χ2n) is 3.46. The molecule has 0 aliphatic carbocycles. The van der Waals surface area contributed by atoms with Gasteiger partial charge in [-0.25, -0.2) is 4.79 Å². The SMILES string of the molecule is Nc1c(Br)cc(C(=O)O)c2c1NCCCO2. The van der Waals surface area contributed by atoms with Crippen LogP contribution in [-0.4, -0.2) is 24.2 Å². The van der Waals surface area contributed by atoms with Gasteiger partial charge in [0.15, 0.2) is 5.75 Å². The summed E-state index contributed by atoms with van der Waals surface area (Å²) in [5, 5.41) is 12.2. The third-order valence-electron chi connectivity index (χ3n) is 2.37. The van der Waals surface area contributed by atoms with E-state index in [1.807, 2.05) is 0 Å². The number of nitrogens with one attached hydrogen (secondary N) is 1. The largest absolute Gasteiger partial charge is 0.490 e. The van der Waals surface area contributed by atoms with Crippen molar-refractivity contribution in [2.24, 2.45) is 0 Å². The van der Waals surface area contributed by atoms with Crippen molar-refractivity contribution in [1.82, 2.24) is 0 Å². The molecule has 0 saturated heterocycles. The summed E-state index contributed by atoms with van der Waals surface area (Å²) in [6.45, 7) is 1.20. The molecule has 5 nitrogen and oxygen atoms in total. The number of benzene rings is 1. The van der Waals surface area contributed by atoms with Gasteiger partial charge in [0.1, 0.15) is 11.3 Å². The quantitative estimate of drug-likeness (QED) is 0.687. The second-order valence-corrected chi connectivity index (χ2v) is 4.31. The molecule has 1 aromatic rings. The van der Waals surface area contributed by atoms with E-state index >= 15 is 0 Å². The molecule has 0 amide bonds. The fourth-order valence-electron chi connectivity index (χ4n) is 1.59. The van der Waals surface area contributed by atoms with Crippen LogP contribution in [0.5, 0.6) is 5.75 Å². The summed E-state index contributed by atoms with van der Waals surface area (Å²) >= 11 is 3.24. The molecular weight excluding hydrogens is 276 g/mol. The maximum Gasteiger partial charge on any atom is 0.339 e. The summed E-state index contributed by atoms with van der Waals surface area (Å²) in [5.41, 5.74) is 7.01. The van der Waals surface area contributed by atoms with E-state index in [-0.39, 0.29) is 5.56 Å². The zero-order valence-electron chi connectivity index (χ0n) is 8.42. The number of nitrogen functional groups attached to an aromatic ring is 1. The van der Waals surface area contributed by atoms with Crippen LogP contribution in [0.15, 0.2) is 10.5 Å². The van der Waals surface area contributed by atoms with E-state index in [0.717, 1.165) is 6.42 Å². The molecule has 6 heteroatoms. The molecule has 1 aliphatic heterocycles. The van der Waals surface area contributed by atoms with E-state index in [0.29, 0.717) is 34.7 Å². The van der Waals surface area contributed by atoms with E-state index in [2.05, 4.69) is 21.2 Å². The van der Waals surface area contributed by atoms with Crippen LogP contribution in [0.3, 0.4) is 0 Å². The number of halogens is 1. The van der Waals surface area contributed by atoms with Crippen LogP contribution < -0.4 is 15.8 Å². The molecule has 0 saturated carbocycles. The number of carbonyl (C=O) groups is 1. The number of ether oxygens (including phenoxy) is 1. The summed E-state index contributed by atoms with van der Waals surface area (Å²) in [6.07, 6.45) is 0.810. The van der Waals surface area contributed by atoms with Crippen LogP contribution in [0.1, 0.15) is 16.8 Å². The number of carboxylic acids is 1. The van der Waals surface area contributed by atoms with Crippen LogP contribution in [0, 0.1) is 0 Å². The Hall–Kier alpha value is -1.43. The Bertz CT molecular complexity index is 448. The number of hydrogen-bond acceptors (Lipinski definition) is 4. The van der Waals surface area contributed by atoms with Crippen LogP contribution in [0.4, 0.5) is 11.4 Å². The summed E-state index contributed by atoms with van der Waals surface area (Å²) in [7, 11) is 0. The smallest absolute Gasteiger partial charge is 0.339 e. The standard InChI is InChI=1S/C10H11BrN2O3/c11-6-4-5(10(14)15)9-8(7(6)12)13-2-1-3-16-9/h4,13H,1-3,12H2,(H,14,15). The van der Waals surface area contributed by atoms with Gasteiger partial charge in [-0.3, -0.25) is 0 Å². The van der Waals surface area contributed by atoms with Gasteiger partial charge in [-0.05, 0) is 28.4 Å². The first-order valence-corrected chi connectivity index (χ1v) is 5.62. The molecule has 2 rings (SSSR count). The van der Waals surface area contributed by atoms with Crippen molar-refractivity contribution in [3.63, 3.8) is 0 Å². The van der Waals surface area contributed by atoms with Crippen LogP contribution in [0.25, 0.3) is 0 Å². The topological polar surface area (TPSA) is 84.6 Å². The summed E-state index contributed by atoms with van der Waals surface area (Å²) in [5.74, 6) is -0.702. The Balaban J connectivity index is 2.64. The lowest BCUT2D eigenvalue weighted by atomic mass is 10.1. The Morgan fingerprint density at radius 3 is 3.06 bits per heavy atom. The molecule has 1 aliphatic rings. The van der Waals surface area contributed by atoms with Crippen molar-refractivity contribution in [3.8, 4) is 5.75 Å². The number of aromatic carboxylic acids is 1. The molecular formula is C10H11BrN2O3. The van der Waals surface area contributed by atoms with Gasteiger partial charge >= 0.3 is 5.97 Å². The molecule has 0 spiro atoms. The molecule has 0 fully saturated rings. The molecule has 0 bridgehead atoms. The highest BCUT2D eigenvalue weighted by Crippen LogP contribution is 2.40. The van der Waals surface area contributed by atoms with E-state index in [9.17, 15) is 4.79 Å². The van der Waals surface area contributed by atoms with Crippen molar-refractivity contribution < 1.29 is 14.6 Å². The van der Waals surface area contributed by atoms with Crippen molar-refractivity contribution >= 4 is 33.3 Å². The lowest BCUT2D eigenvalue weighted by Gasteiger charge is -2.14. The van der Waals surface area contributed by atoms with Gasteiger partial charge in [-0.1, -0.05) is 0 Å². The highest BCUT2D eigenvalue weighted by molar-refractivity contribution is 9.10. The van der Waals surface area contributed by atoms with E-state index in [1.165, 1.54) is 6.07 Å². The Morgan fingerprint density at radius 2 is 2.38 bits per heavy atom. The lowest BCUT2D eigenvalue weighted by Crippen LogP contribution is -2.07. The molecule has 0 aromatic heterocycles. The van der Waals surface area contributed by atoms with Gasteiger partial charge in [0.25, 0.3) is 0 Å². The highest BCUT2D eigenvalue weighted by Gasteiger charge is 2.22. The summed E-state index contributed by atoms with van der Waals surface area (Å²) in [4.78, 5) is 11.1. The van der Waals surface area contributed by atoms with E-state index in [4.69, 9.17) is 15.6 Å². The molecule has 0 radical (unpaired) electrons. The molecule has 0 unspecified atom stereocenters. The number of carboxylic acid groups (broad SMARTS) is 1. The summed E-state index contributed by atoms with van der Waals surface area (Å²) < 4.78 is 5.99. The minimum absolute atomic E-state index is 0.116. The first-order chi connectivity index (χ1) is 7.61. The van der Waals surface area contributed by atoms with Crippen molar-refractivity contribution in [3.05, 3.63) is 16.1 Å². The normalized spacial score (nSPS) is 14.3. The summed E-state index contributed by atoms with van der Waals surface area (Å²) in [6, 6.07) is 1.46. The van der Waals surface area contributed by atoms with Crippen molar-refractivity contribution in [1.29, 1.82) is 0 Å². The molecule has 1 aromatic carbocycles. The third-order valence-corrected chi connectivity index (χ3v) is 3.03. The fourth-order valence-corrected chi connectivity index (χ4v) is 2.02. The first kappa shape index (κ1) is 11.1. The first-order valence-electron chi connectivity index (χ1n) is 4.83. The van der Waals surface area contributed by atoms with Gasteiger partial charge in [0.05, 0.1) is 12.3 Å². The highest BCUT2D eigenvalue weighted by atomic mass is 79.9. The number of anilines is 2. The molecule has 16 heavy (non-hydrogen) atoms. The van der Waals surface area contributed by atoms with Crippen LogP contribution in [0.2, 0.25) is 0 Å². The average molecular weight is 287 g/mol. The zero-order valence-corrected chi connectivity index (χ0v) is 10.0. The molecule has 0 atom stereocenters. The minimum Gasteiger partial charge on any atom is -0.490 e. The van der Waals surface area contributed by atoms with Crippen LogP contribution >= 0.6 is 15.9 Å². The van der Waals surface area contributed by atoms with Crippen molar-refractivity contribution in [2.75, 3.05) is 24.2 Å². The van der Waals surface area contributed by atoms with E-state index < -0.39 is 5.97 Å². The Morgan fingerprint density at radius 1 is 1.62 bits per heavy atom. The minimum atomic E-state index is -1.03. The zero-order chi connectivity index (χ0) is 11.7. The number of nitrogens with two attached hydrogens (primary N) is 1. The predicted octanol–water partition coefficient (Wildman–Crippen LogP) is 1.92. The Kier molecular flexibility index (Phi) is 2.91. The Labute approximate surface area is 101 Å². The number of hydrogen-bond donors (Lipinski definition) is 3. The van der Waals surface area contributed by atoms with Gasteiger partial charge in [0, 0.05) is 11.0 Å². The third kappa shape index (κ3) is 1.80. The van der Waals surface area contributed by atoms with Gasteiger partial charge in [0.2, 0.25) is 0 Å². The monoisotopic (exact) mass is 286 g/mol. The van der Waals surface area contributed by atoms with E-state index in [1.54, 1.807) is 0 Å². The maximum atomic E-state index is 11.1.